The molecule has 0 aromatic heterocycles. The Morgan fingerprint density at radius 1 is 1.17 bits per heavy atom. The van der Waals surface area contributed by atoms with E-state index in [0.717, 1.165) is 23.3 Å². The monoisotopic (exact) mass is 443 g/mol. The summed E-state index contributed by atoms with van der Waals surface area (Å²) >= 11 is 7.95. The number of likely N-dealkylation sites (tertiary alicyclic amines) is 1. The fourth-order valence-corrected chi connectivity index (χ4v) is 4.51. The highest BCUT2D eigenvalue weighted by Gasteiger charge is 2.30. The van der Waals surface area contributed by atoms with E-state index in [4.69, 9.17) is 16.3 Å². The predicted molar refractivity (Wildman–Crippen MR) is 123 cm³/mol. The summed E-state index contributed by atoms with van der Waals surface area (Å²) in [6.07, 6.45) is 3.42. The van der Waals surface area contributed by atoms with Crippen LogP contribution in [0.4, 0.5) is 0 Å². The lowest BCUT2D eigenvalue weighted by Gasteiger charge is -2.32. The number of hydrogen-bond donors (Lipinski definition) is 0. The molecule has 1 amide bonds. The summed E-state index contributed by atoms with van der Waals surface area (Å²) in [5, 5.41) is 0.607. The van der Waals surface area contributed by atoms with E-state index in [9.17, 15) is 9.59 Å². The van der Waals surface area contributed by atoms with Gasteiger partial charge in [-0.1, -0.05) is 48.0 Å². The molecule has 1 atom stereocenters. The summed E-state index contributed by atoms with van der Waals surface area (Å²) < 4.78 is 5.17. The smallest absolute Gasteiger partial charge is 0.310 e. The first-order chi connectivity index (χ1) is 14.6. The number of rotatable bonds is 7. The minimum absolute atomic E-state index is 0.0488. The highest BCUT2D eigenvalue weighted by Crippen LogP contribution is 2.27. The van der Waals surface area contributed by atoms with Crippen molar-refractivity contribution in [2.24, 2.45) is 5.92 Å². The number of halogens is 1. The first kappa shape index (κ1) is 22.4. The number of hydrogen-bond acceptors (Lipinski definition) is 4. The van der Waals surface area contributed by atoms with Crippen LogP contribution in [0.2, 0.25) is 5.02 Å². The lowest BCUT2D eigenvalue weighted by molar-refractivity contribution is -0.150. The van der Waals surface area contributed by atoms with Gasteiger partial charge in [0.25, 0.3) is 5.91 Å². The van der Waals surface area contributed by atoms with Crippen molar-refractivity contribution in [3.63, 3.8) is 0 Å². The second-order valence-corrected chi connectivity index (χ2v) is 8.59. The summed E-state index contributed by atoms with van der Waals surface area (Å²) in [6.45, 7) is 3.20. The maximum atomic E-state index is 13.4. The maximum absolute atomic E-state index is 13.4. The summed E-state index contributed by atoms with van der Waals surface area (Å²) in [4.78, 5) is 28.5. The van der Waals surface area contributed by atoms with Crippen molar-refractivity contribution in [3.8, 4) is 0 Å². The van der Waals surface area contributed by atoms with Gasteiger partial charge in [0, 0.05) is 34.3 Å². The summed E-state index contributed by atoms with van der Waals surface area (Å²) in [7, 11) is 0. The minimum atomic E-state index is -0.258. The van der Waals surface area contributed by atoms with Crippen molar-refractivity contribution in [1.29, 1.82) is 0 Å². The summed E-state index contributed by atoms with van der Waals surface area (Å²) in [5.74, 6) is -0.00195. The maximum Gasteiger partial charge on any atom is 0.310 e. The lowest BCUT2D eigenvalue weighted by Crippen LogP contribution is -2.43. The molecule has 0 aliphatic carbocycles. The van der Waals surface area contributed by atoms with Crippen LogP contribution < -0.4 is 0 Å². The number of amides is 1. The third kappa shape index (κ3) is 6.13. The molecule has 1 heterocycles. The minimum Gasteiger partial charge on any atom is -0.466 e. The molecule has 0 N–H and O–H groups in total. The third-order valence-electron chi connectivity index (χ3n) is 4.98. The molecule has 6 heteroatoms. The van der Waals surface area contributed by atoms with Crippen molar-refractivity contribution in [2.45, 2.75) is 24.7 Å². The Labute approximate surface area is 187 Å². The van der Waals surface area contributed by atoms with Crippen LogP contribution in [0.1, 0.15) is 25.3 Å². The van der Waals surface area contributed by atoms with Crippen LogP contribution in [0, 0.1) is 5.92 Å². The Balaban J connectivity index is 1.80. The van der Waals surface area contributed by atoms with Crippen LogP contribution in [-0.4, -0.2) is 42.2 Å². The third-order valence-corrected chi connectivity index (χ3v) is 6.38. The van der Waals surface area contributed by atoms with Crippen LogP contribution in [0.3, 0.4) is 0 Å². The van der Waals surface area contributed by atoms with Gasteiger partial charge < -0.3 is 9.64 Å². The summed E-state index contributed by atoms with van der Waals surface area (Å²) in [5.41, 5.74) is 1.48. The molecule has 1 aliphatic rings. The van der Waals surface area contributed by atoms with Gasteiger partial charge in [-0.15, -0.1) is 11.8 Å². The molecule has 30 heavy (non-hydrogen) atoms. The molecular formula is C24H26ClNO3S. The number of thioether (sulfide) groups is 1. The van der Waals surface area contributed by atoms with Gasteiger partial charge in [0.15, 0.2) is 0 Å². The van der Waals surface area contributed by atoms with E-state index in [1.165, 1.54) is 0 Å². The van der Waals surface area contributed by atoms with E-state index < -0.39 is 0 Å². The average molecular weight is 444 g/mol. The van der Waals surface area contributed by atoms with Gasteiger partial charge in [0.05, 0.1) is 12.5 Å². The Bertz CT molecular complexity index is 900. The second-order valence-electron chi connectivity index (χ2n) is 7.14. The number of piperidine rings is 1. The Morgan fingerprint density at radius 2 is 1.90 bits per heavy atom. The Hall–Kier alpha value is -2.24. The van der Waals surface area contributed by atoms with E-state index in [0.29, 0.717) is 36.0 Å². The molecule has 0 spiro atoms. The van der Waals surface area contributed by atoms with Crippen molar-refractivity contribution in [3.05, 3.63) is 70.8 Å². The van der Waals surface area contributed by atoms with Crippen LogP contribution in [0.25, 0.3) is 6.08 Å². The molecule has 2 aromatic carbocycles. The second kappa shape index (κ2) is 11.2. The predicted octanol–water partition coefficient (Wildman–Crippen LogP) is 5.32. The molecular weight excluding hydrogens is 418 g/mol. The molecule has 158 valence electrons. The van der Waals surface area contributed by atoms with Gasteiger partial charge in [-0.3, -0.25) is 9.59 Å². The fraction of sp³-hybridized carbons (Fsp3) is 0.333. The van der Waals surface area contributed by atoms with Gasteiger partial charge in [-0.05, 0) is 49.6 Å². The zero-order valence-electron chi connectivity index (χ0n) is 17.1. The topological polar surface area (TPSA) is 46.6 Å². The SMILES string of the molecule is CCOC(=O)C1CCCN(C(=O)/C(=C/c2ccccc2Cl)CSc2ccccc2)C1. The van der Waals surface area contributed by atoms with E-state index >= 15 is 0 Å². The molecule has 0 radical (unpaired) electrons. The molecule has 0 bridgehead atoms. The van der Waals surface area contributed by atoms with E-state index in [1.54, 1.807) is 23.6 Å². The number of carbonyl (C=O) groups excluding carboxylic acids is 2. The standard InChI is InChI=1S/C24H26ClNO3S/c1-2-29-24(28)19-10-8-14-26(16-19)23(27)20(15-18-9-6-7-13-22(18)25)17-30-21-11-4-3-5-12-21/h3-7,9,11-13,15,19H,2,8,10,14,16-17H2,1H3/b20-15+. The normalized spacial score (nSPS) is 16.9. The van der Waals surface area contributed by atoms with Crippen LogP contribution in [-0.2, 0) is 14.3 Å². The van der Waals surface area contributed by atoms with E-state index in [1.807, 2.05) is 60.7 Å². The molecule has 3 rings (SSSR count). The summed E-state index contributed by atoms with van der Waals surface area (Å²) in [6, 6.07) is 17.5. The quantitative estimate of drug-likeness (QED) is 0.330. The van der Waals surface area contributed by atoms with Gasteiger partial charge in [0.2, 0.25) is 0 Å². The largest absolute Gasteiger partial charge is 0.466 e. The molecule has 2 aromatic rings. The van der Waals surface area contributed by atoms with E-state index in [2.05, 4.69) is 0 Å². The highest BCUT2D eigenvalue weighted by molar-refractivity contribution is 7.99. The fourth-order valence-electron chi connectivity index (χ4n) is 3.44. The number of carbonyl (C=O) groups is 2. The molecule has 1 aliphatic heterocycles. The number of ether oxygens (including phenoxy) is 1. The molecule has 0 saturated carbocycles. The zero-order chi connectivity index (χ0) is 21.3. The van der Waals surface area contributed by atoms with Crippen LogP contribution in [0.15, 0.2) is 65.1 Å². The van der Waals surface area contributed by atoms with Gasteiger partial charge >= 0.3 is 5.97 Å². The first-order valence-electron chi connectivity index (χ1n) is 10.2. The van der Waals surface area contributed by atoms with Crippen LogP contribution >= 0.6 is 23.4 Å². The number of benzene rings is 2. The number of esters is 1. The Kier molecular flexibility index (Phi) is 8.40. The lowest BCUT2D eigenvalue weighted by atomic mass is 9.97. The molecule has 1 saturated heterocycles. The first-order valence-corrected chi connectivity index (χ1v) is 11.5. The zero-order valence-corrected chi connectivity index (χ0v) is 18.6. The van der Waals surface area contributed by atoms with Crippen molar-refractivity contribution in [2.75, 3.05) is 25.4 Å². The van der Waals surface area contributed by atoms with Gasteiger partial charge in [0.1, 0.15) is 0 Å². The van der Waals surface area contributed by atoms with Crippen molar-refractivity contribution < 1.29 is 14.3 Å². The molecule has 1 unspecified atom stereocenters. The van der Waals surface area contributed by atoms with Crippen LogP contribution in [0.5, 0.6) is 0 Å². The van der Waals surface area contributed by atoms with Gasteiger partial charge in [-0.25, -0.2) is 0 Å². The molecule has 4 nitrogen and oxygen atoms in total. The molecule has 1 fully saturated rings. The highest BCUT2D eigenvalue weighted by atomic mass is 35.5. The van der Waals surface area contributed by atoms with Crippen molar-refractivity contribution >= 4 is 41.3 Å². The Morgan fingerprint density at radius 3 is 2.63 bits per heavy atom. The average Bonchev–Trinajstić information content (AvgIpc) is 2.78. The van der Waals surface area contributed by atoms with Crippen molar-refractivity contribution in [1.82, 2.24) is 4.90 Å². The van der Waals surface area contributed by atoms with Gasteiger partial charge in [-0.2, -0.15) is 0 Å². The van der Waals surface area contributed by atoms with E-state index in [-0.39, 0.29) is 17.8 Å². The number of nitrogens with zero attached hydrogens (tertiary/aromatic N) is 1.